The smallest absolute Gasteiger partial charge is 0.319 e. The Bertz CT molecular complexity index is 1940. The largest absolute Gasteiger partial charge is 0.508 e. The molecular formula is C36H38F3N5O3. The number of ether oxygens (including phenoxy) is 1. The molecule has 1 saturated carbocycles. The van der Waals surface area contributed by atoms with Gasteiger partial charge in [-0.3, -0.25) is 9.88 Å². The summed E-state index contributed by atoms with van der Waals surface area (Å²) in [7, 11) is 1.95. The van der Waals surface area contributed by atoms with Gasteiger partial charge in [-0.05, 0) is 76.6 Å². The molecule has 0 bridgehead atoms. The fraction of sp³-hybridized carbons (Fsp3) is 0.472. The molecule has 2 aromatic heterocycles. The Morgan fingerprint density at radius 2 is 1.94 bits per heavy atom. The summed E-state index contributed by atoms with van der Waals surface area (Å²) in [6.07, 6.45) is 11.4. The van der Waals surface area contributed by atoms with Gasteiger partial charge in [0.05, 0.1) is 23.2 Å². The van der Waals surface area contributed by atoms with Gasteiger partial charge in [0, 0.05) is 48.2 Å². The van der Waals surface area contributed by atoms with Crippen LogP contribution in [0.5, 0.6) is 11.8 Å². The van der Waals surface area contributed by atoms with Crippen molar-refractivity contribution in [3.05, 3.63) is 47.7 Å². The number of aromatic hydroxyl groups is 1. The van der Waals surface area contributed by atoms with E-state index >= 15 is 8.78 Å². The van der Waals surface area contributed by atoms with E-state index in [0.717, 1.165) is 19.3 Å². The van der Waals surface area contributed by atoms with E-state index in [2.05, 4.69) is 20.8 Å². The summed E-state index contributed by atoms with van der Waals surface area (Å²) in [6.45, 7) is 4.69. The number of benzene rings is 2. The summed E-state index contributed by atoms with van der Waals surface area (Å²) in [5.41, 5.74) is -3.08. The predicted molar refractivity (Wildman–Crippen MR) is 174 cm³/mol. The third kappa shape index (κ3) is 5.51. The minimum absolute atomic E-state index is 0.0706. The molecule has 8 nitrogen and oxygen atoms in total. The third-order valence-electron chi connectivity index (χ3n) is 10.2. The van der Waals surface area contributed by atoms with E-state index < -0.39 is 28.3 Å². The van der Waals surface area contributed by atoms with Gasteiger partial charge in [-0.15, -0.1) is 6.42 Å². The summed E-state index contributed by atoms with van der Waals surface area (Å²) < 4.78 is 53.5. The first-order valence-corrected chi connectivity index (χ1v) is 16.1. The molecule has 3 aliphatic rings. The Morgan fingerprint density at radius 1 is 1.13 bits per heavy atom. The maximum absolute atomic E-state index is 16.8. The highest BCUT2D eigenvalue weighted by Gasteiger charge is 2.54. The SMILES string of the molecule is C#Cc1c(F)ccc2cc(O)cc(-c3ncc4c(N5CCC[C@@](C)(O)C5)nc(OC[C@]56CCC[C@H]5N(C)CC(C)(F)C6)nc4c3F)c12. The molecule has 47 heavy (non-hydrogen) atoms. The molecule has 4 atom stereocenters. The molecule has 0 radical (unpaired) electrons. The number of halogens is 3. The van der Waals surface area contributed by atoms with Crippen molar-refractivity contribution in [1.29, 1.82) is 0 Å². The number of hydrogen-bond donors (Lipinski definition) is 2. The molecule has 2 aliphatic heterocycles. The lowest BCUT2D eigenvalue weighted by molar-refractivity contribution is -0.0648. The molecule has 0 amide bonds. The number of phenols is 1. The summed E-state index contributed by atoms with van der Waals surface area (Å²) >= 11 is 0. The molecule has 0 spiro atoms. The molecule has 4 aromatic rings. The second-order valence-corrected chi connectivity index (χ2v) is 14.3. The Labute approximate surface area is 271 Å². The average Bonchev–Trinajstić information content (AvgIpc) is 3.43. The van der Waals surface area contributed by atoms with Crippen molar-refractivity contribution < 1.29 is 28.1 Å². The number of hydrogen-bond acceptors (Lipinski definition) is 8. The Morgan fingerprint density at radius 3 is 2.70 bits per heavy atom. The van der Waals surface area contributed by atoms with E-state index in [1.165, 1.54) is 30.5 Å². The number of nitrogens with zero attached hydrogens (tertiary/aromatic N) is 5. The van der Waals surface area contributed by atoms with Crippen LogP contribution in [0.25, 0.3) is 32.9 Å². The molecule has 11 heteroatoms. The molecular weight excluding hydrogens is 607 g/mol. The number of piperidine rings is 2. The van der Waals surface area contributed by atoms with Crippen LogP contribution < -0.4 is 9.64 Å². The van der Waals surface area contributed by atoms with Crippen LogP contribution in [0.2, 0.25) is 0 Å². The second kappa shape index (κ2) is 11.2. The molecule has 1 aliphatic carbocycles. The quantitative estimate of drug-likeness (QED) is 0.250. The first kappa shape index (κ1) is 31.5. The molecule has 4 heterocycles. The van der Waals surface area contributed by atoms with Crippen molar-refractivity contribution in [3.8, 4) is 35.4 Å². The highest BCUT2D eigenvalue weighted by Crippen LogP contribution is 2.51. The third-order valence-corrected chi connectivity index (χ3v) is 10.2. The molecule has 1 unspecified atom stereocenters. The Balaban J connectivity index is 1.38. The van der Waals surface area contributed by atoms with E-state index in [0.29, 0.717) is 48.9 Å². The van der Waals surface area contributed by atoms with Gasteiger partial charge in [0.2, 0.25) is 0 Å². The monoisotopic (exact) mass is 645 g/mol. The van der Waals surface area contributed by atoms with Gasteiger partial charge < -0.3 is 19.8 Å². The minimum Gasteiger partial charge on any atom is -0.508 e. The molecule has 3 fully saturated rings. The van der Waals surface area contributed by atoms with E-state index in [4.69, 9.17) is 16.1 Å². The maximum atomic E-state index is 16.8. The number of terminal acetylenes is 1. The van der Waals surface area contributed by atoms with Gasteiger partial charge in [-0.1, -0.05) is 18.4 Å². The number of β-amino-alcohol motifs (C(OH)–C–C–N with tert-alkyl or cyclic N) is 1. The summed E-state index contributed by atoms with van der Waals surface area (Å²) in [4.78, 5) is 17.7. The van der Waals surface area contributed by atoms with Crippen molar-refractivity contribution in [3.63, 3.8) is 0 Å². The van der Waals surface area contributed by atoms with Crippen LogP contribution >= 0.6 is 0 Å². The average molecular weight is 646 g/mol. The van der Waals surface area contributed by atoms with E-state index in [-0.39, 0.29) is 58.7 Å². The van der Waals surface area contributed by atoms with Gasteiger partial charge in [0.1, 0.15) is 34.3 Å². The van der Waals surface area contributed by atoms with E-state index in [1.54, 1.807) is 13.8 Å². The first-order chi connectivity index (χ1) is 22.3. The van der Waals surface area contributed by atoms with Gasteiger partial charge in [-0.25, -0.2) is 13.2 Å². The van der Waals surface area contributed by atoms with Gasteiger partial charge in [0.15, 0.2) is 5.82 Å². The van der Waals surface area contributed by atoms with Gasteiger partial charge in [0.25, 0.3) is 0 Å². The lowest BCUT2D eigenvalue weighted by Crippen LogP contribution is -2.58. The highest BCUT2D eigenvalue weighted by atomic mass is 19.1. The van der Waals surface area contributed by atoms with Gasteiger partial charge >= 0.3 is 6.01 Å². The number of alkyl halides is 1. The molecule has 246 valence electrons. The van der Waals surface area contributed by atoms with Crippen LogP contribution in [0.3, 0.4) is 0 Å². The van der Waals surface area contributed by atoms with E-state index in [1.807, 2.05) is 11.9 Å². The fourth-order valence-corrected chi connectivity index (χ4v) is 8.53. The van der Waals surface area contributed by atoms with Crippen LogP contribution in [0.4, 0.5) is 19.0 Å². The Hall–Kier alpha value is -4.14. The number of rotatable bonds is 5. The first-order valence-electron chi connectivity index (χ1n) is 16.1. The molecule has 2 saturated heterocycles. The predicted octanol–water partition coefficient (Wildman–Crippen LogP) is 6.14. The zero-order valence-corrected chi connectivity index (χ0v) is 26.8. The van der Waals surface area contributed by atoms with Crippen LogP contribution in [0, 0.1) is 29.4 Å². The number of aromatic nitrogens is 3. The summed E-state index contributed by atoms with van der Waals surface area (Å²) in [6, 6.07) is 5.45. The molecule has 2 N–H and O–H groups in total. The zero-order chi connectivity index (χ0) is 33.3. The molecule has 7 rings (SSSR count). The topological polar surface area (TPSA) is 94.8 Å². The molecule has 2 aromatic carbocycles. The van der Waals surface area contributed by atoms with Crippen LogP contribution in [-0.4, -0.2) is 80.7 Å². The number of pyridine rings is 1. The number of likely N-dealkylation sites (tertiary alicyclic amines) is 1. The van der Waals surface area contributed by atoms with Crippen LogP contribution in [-0.2, 0) is 0 Å². The second-order valence-electron chi connectivity index (χ2n) is 14.3. The van der Waals surface area contributed by atoms with Crippen molar-refractivity contribution in [1.82, 2.24) is 19.9 Å². The van der Waals surface area contributed by atoms with Crippen LogP contribution in [0.15, 0.2) is 30.5 Å². The standard InChI is InChI=1S/C36H38F3N5O3/c1-5-23-26(37)10-9-21-14-22(45)15-24(28(21)23)30-29(38)31-25(16-40-30)32(44-13-7-11-35(3,46)19-44)42-33(41-31)47-20-36-12-6-8-27(36)43(4)18-34(2,39)17-36/h1,9-10,14-16,27,45-46H,6-8,11-13,17-20H2,2-4H3/t27-,34?,35-,36-/m1/s1. The van der Waals surface area contributed by atoms with E-state index in [9.17, 15) is 14.6 Å². The number of anilines is 1. The van der Waals surface area contributed by atoms with Crippen molar-refractivity contribution >= 4 is 27.5 Å². The number of aliphatic hydroxyl groups is 1. The summed E-state index contributed by atoms with van der Waals surface area (Å²) in [5, 5.41) is 22.4. The highest BCUT2D eigenvalue weighted by molar-refractivity contribution is 6.03. The fourth-order valence-electron chi connectivity index (χ4n) is 8.53. The maximum Gasteiger partial charge on any atom is 0.319 e. The Kier molecular flexibility index (Phi) is 7.52. The zero-order valence-electron chi connectivity index (χ0n) is 26.8. The van der Waals surface area contributed by atoms with Crippen molar-refractivity contribution in [2.45, 2.75) is 69.7 Å². The number of fused-ring (bicyclic) bond motifs is 3. The number of phenolic OH excluding ortho intramolecular Hbond substituents is 1. The normalized spacial score (nSPS) is 28.0. The summed E-state index contributed by atoms with van der Waals surface area (Å²) in [5.74, 6) is 1.05. The minimum atomic E-state index is -1.39. The van der Waals surface area contributed by atoms with Crippen molar-refractivity contribution in [2.24, 2.45) is 5.41 Å². The van der Waals surface area contributed by atoms with Crippen LogP contribution in [0.1, 0.15) is 57.9 Å². The van der Waals surface area contributed by atoms with Gasteiger partial charge in [-0.2, -0.15) is 9.97 Å². The lowest BCUT2D eigenvalue weighted by atomic mass is 9.71. The lowest BCUT2D eigenvalue weighted by Gasteiger charge is -2.49. The van der Waals surface area contributed by atoms with Crippen molar-refractivity contribution in [2.75, 3.05) is 38.2 Å².